The first-order valence-corrected chi connectivity index (χ1v) is 11.7. The monoisotopic (exact) mass is 485 g/mol. The van der Waals surface area contributed by atoms with Gasteiger partial charge in [0.1, 0.15) is 10.4 Å². The Balaban J connectivity index is 1.83. The van der Waals surface area contributed by atoms with E-state index in [0.717, 1.165) is 16.9 Å². The molecular weight excluding hydrogens is 458 g/mol. The van der Waals surface area contributed by atoms with Crippen LogP contribution in [0.4, 0.5) is 5.13 Å². The fourth-order valence-electron chi connectivity index (χ4n) is 3.22. The van der Waals surface area contributed by atoms with Crippen LogP contribution >= 0.6 is 11.3 Å². The van der Waals surface area contributed by atoms with Crippen LogP contribution in [-0.2, 0) is 20.8 Å². The van der Waals surface area contributed by atoms with E-state index in [1.165, 1.54) is 4.90 Å². The second kappa shape index (κ2) is 11.1. The summed E-state index contributed by atoms with van der Waals surface area (Å²) in [7, 11) is 0. The SMILES string of the molecule is CCOC(=O)c1sc(N(Cc2ccccc2)C(=O)COC(=O)c2c(C)noc2C(C)C)nc1C. The van der Waals surface area contributed by atoms with E-state index in [-0.39, 0.29) is 24.6 Å². The van der Waals surface area contributed by atoms with E-state index in [1.54, 1.807) is 20.8 Å². The molecule has 0 aliphatic heterocycles. The zero-order chi connectivity index (χ0) is 24.8. The van der Waals surface area contributed by atoms with Crippen LogP contribution in [-0.4, -0.2) is 41.2 Å². The van der Waals surface area contributed by atoms with Gasteiger partial charge in [0.15, 0.2) is 17.5 Å². The van der Waals surface area contributed by atoms with Crippen molar-refractivity contribution in [1.29, 1.82) is 0 Å². The average molecular weight is 486 g/mol. The number of hydrogen-bond acceptors (Lipinski definition) is 9. The maximum absolute atomic E-state index is 13.2. The van der Waals surface area contributed by atoms with Crippen molar-refractivity contribution in [2.75, 3.05) is 18.1 Å². The van der Waals surface area contributed by atoms with Crippen LogP contribution in [0.1, 0.15) is 69.4 Å². The Morgan fingerprint density at radius 1 is 1.06 bits per heavy atom. The number of nitrogens with zero attached hydrogens (tertiary/aromatic N) is 3. The highest BCUT2D eigenvalue weighted by molar-refractivity contribution is 7.17. The molecule has 180 valence electrons. The van der Waals surface area contributed by atoms with Gasteiger partial charge < -0.3 is 14.0 Å². The molecular formula is C24H27N3O6S. The molecule has 0 aliphatic rings. The van der Waals surface area contributed by atoms with Crippen LogP contribution in [0.5, 0.6) is 0 Å². The first-order valence-electron chi connectivity index (χ1n) is 10.8. The van der Waals surface area contributed by atoms with Crippen molar-refractivity contribution >= 4 is 34.3 Å². The molecule has 0 spiro atoms. The summed E-state index contributed by atoms with van der Waals surface area (Å²) in [5, 5.41) is 4.16. The number of aromatic nitrogens is 2. The smallest absolute Gasteiger partial charge is 0.350 e. The number of amides is 1. The van der Waals surface area contributed by atoms with Gasteiger partial charge in [-0.05, 0) is 26.3 Å². The predicted octanol–water partition coefficient (Wildman–Crippen LogP) is 4.44. The van der Waals surface area contributed by atoms with Gasteiger partial charge in [0.2, 0.25) is 0 Å². The summed E-state index contributed by atoms with van der Waals surface area (Å²) in [6.45, 7) is 8.69. The van der Waals surface area contributed by atoms with Crippen molar-refractivity contribution < 1.29 is 28.4 Å². The number of benzene rings is 1. The summed E-state index contributed by atoms with van der Waals surface area (Å²) >= 11 is 1.06. The summed E-state index contributed by atoms with van der Waals surface area (Å²) < 4.78 is 15.7. The lowest BCUT2D eigenvalue weighted by Crippen LogP contribution is -2.34. The Morgan fingerprint density at radius 2 is 1.76 bits per heavy atom. The lowest BCUT2D eigenvalue weighted by molar-refractivity contribution is -0.121. The molecule has 0 atom stereocenters. The fraction of sp³-hybridized carbons (Fsp3) is 0.375. The number of carbonyl (C=O) groups excluding carboxylic acids is 3. The van der Waals surface area contributed by atoms with Crippen LogP contribution in [0, 0.1) is 13.8 Å². The molecule has 0 radical (unpaired) electrons. The Morgan fingerprint density at radius 3 is 2.41 bits per heavy atom. The highest BCUT2D eigenvalue weighted by atomic mass is 32.1. The first-order chi connectivity index (χ1) is 16.2. The number of anilines is 1. The van der Waals surface area contributed by atoms with Crippen LogP contribution < -0.4 is 4.90 Å². The topological polar surface area (TPSA) is 112 Å². The largest absolute Gasteiger partial charge is 0.462 e. The van der Waals surface area contributed by atoms with Gasteiger partial charge in [-0.2, -0.15) is 0 Å². The van der Waals surface area contributed by atoms with E-state index in [0.29, 0.717) is 27.2 Å². The van der Waals surface area contributed by atoms with Gasteiger partial charge in [0.25, 0.3) is 5.91 Å². The van der Waals surface area contributed by atoms with Crippen molar-refractivity contribution in [3.8, 4) is 0 Å². The molecule has 3 rings (SSSR count). The van der Waals surface area contributed by atoms with E-state index >= 15 is 0 Å². The third-order valence-electron chi connectivity index (χ3n) is 4.91. The lowest BCUT2D eigenvalue weighted by Gasteiger charge is -2.20. The number of esters is 2. The molecule has 0 saturated carbocycles. The maximum atomic E-state index is 13.2. The van der Waals surface area contributed by atoms with E-state index in [4.69, 9.17) is 14.0 Å². The lowest BCUT2D eigenvalue weighted by atomic mass is 10.1. The predicted molar refractivity (Wildman–Crippen MR) is 126 cm³/mol. The van der Waals surface area contributed by atoms with Crippen molar-refractivity contribution in [2.45, 2.75) is 47.1 Å². The van der Waals surface area contributed by atoms with Crippen molar-refractivity contribution in [1.82, 2.24) is 10.1 Å². The highest BCUT2D eigenvalue weighted by Crippen LogP contribution is 2.29. The molecule has 0 bridgehead atoms. The molecule has 1 aromatic carbocycles. The average Bonchev–Trinajstić information content (AvgIpc) is 3.39. The third-order valence-corrected chi connectivity index (χ3v) is 6.07. The van der Waals surface area contributed by atoms with Gasteiger partial charge in [-0.25, -0.2) is 14.6 Å². The van der Waals surface area contributed by atoms with Crippen LogP contribution in [0.15, 0.2) is 34.9 Å². The molecule has 10 heteroatoms. The molecule has 0 saturated heterocycles. The molecule has 0 unspecified atom stereocenters. The van der Waals surface area contributed by atoms with Crippen molar-refractivity contribution in [3.63, 3.8) is 0 Å². The van der Waals surface area contributed by atoms with E-state index < -0.39 is 24.5 Å². The molecule has 2 aromatic heterocycles. The van der Waals surface area contributed by atoms with Crippen molar-refractivity contribution in [3.05, 3.63) is 63.5 Å². The molecule has 0 aliphatic carbocycles. The third kappa shape index (κ3) is 5.69. The van der Waals surface area contributed by atoms with Gasteiger partial charge in [0.05, 0.1) is 24.5 Å². The molecule has 0 fully saturated rings. The Bertz CT molecular complexity index is 1170. The van der Waals surface area contributed by atoms with Crippen LogP contribution in [0.2, 0.25) is 0 Å². The Hall–Kier alpha value is -3.53. The second-order valence-corrected chi connectivity index (χ2v) is 8.81. The molecule has 9 nitrogen and oxygen atoms in total. The van der Waals surface area contributed by atoms with Gasteiger partial charge in [-0.1, -0.05) is 60.7 Å². The van der Waals surface area contributed by atoms with E-state index in [9.17, 15) is 14.4 Å². The number of aryl methyl sites for hydroxylation is 2. The number of ether oxygens (including phenoxy) is 2. The summed E-state index contributed by atoms with van der Waals surface area (Å²) in [6.07, 6.45) is 0. The number of thiazole rings is 1. The molecule has 1 amide bonds. The highest BCUT2D eigenvalue weighted by Gasteiger charge is 2.28. The molecule has 3 aromatic rings. The summed E-state index contributed by atoms with van der Waals surface area (Å²) in [5.74, 6) is -1.33. The zero-order valence-electron chi connectivity index (χ0n) is 19.8. The molecule has 34 heavy (non-hydrogen) atoms. The summed E-state index contributed by atoms with van der Waals surface area (Å²) in [4.78, 5) is 44.3. The summed E-state index contributed by atoms with van der Waals surface area (Å²) in [5.41, 5.74) is 1.94. The van der Waals surface area contributed by atoms with E-state index in [1.807, 2.05) is 44.2 Å². The normalized spacial score (nSPS) is 10.9. The first kappa shape index (κ1) is 25.1. The van der Waals surface area contributed by atoms with Gasteiger partial charge in [0, 0.05) is 5.92 Å². The minimum atomic E-state index is -0.682. The number of rotatable bonds is 9. The van der Waals surface area contributed by atoms with Gasteiger partial charge in [-0.15, -0.1) is 0 Å². The summed E-state index contributed by atoms with van der Waals surface area (Å²) in [6, 6.07) is 9.33. The standard InChI is InChI=1S/C24H27N3O6S/c1-6-31-23(30)21-16(5)25-24(34-21)27(12-17-10-8-7-9-11-17)18(28)13-32-22(29)19-15(4)26-33-20(19)14(2)3/h7-11,14H,6,12-13H2,1-5H3. The minimum absolute atomic E-state index is 0.0753. The van der Waals surface area contributed by atoms with E-state index in [2.05, 4.69) is 10.1 Å². The number of hydrogen-bond donors (Lipinski definition) is 0. The second-order valence-electron chi connectivity index (χ2n) is 7.83. The van der Waals surface area contributed by atoms with Crippen molar-refractivity contribution in [2.24, 2.45) is 0 Å². The van der Waals surface area contributed by atoms with Gasteiger partial charge >= 0.3 is 11.9 Å². The molecule has 2 heterocycles. The van der Waals surface area contributed by atoms with Crippen LogP contribution in [0.3, 0.4) is 0 Å². The minimum Gasteiger partial charge on any atom is -0.462 e. The maximum Gasteiger partial charge on any atom is 0.350 e. The quantitative estimate of drug-likeness (QED) is 0.409. The molecule has 0 N–H and O–H groups in total. The fourth-order valence-corrected chi connectivity index (χ4v) is 4.20. The zero-order valence-corrected chi connectivity index (χ0v) is 20.6. The van der Waals surface area contributed by atoms with Crippen LogP contribution in [0.25, 0.3) is 0 Å². The van der Waals surface area contributed by atoms with Gasteiger partial charge in [-0.3, -0.25) is 9.69 Å². The Kier molecular flexibility index (Phi) is 8.17. The Labute approximate surface area is 201 Å². The number of carbonyl (C=O) groups is 3.